The van der Waals surface area contributed by atoms with Crippen molar-refractivity contribution in [2.24, 2.45) is 27.7 Å². The van der Waals surface area contributed by atoms with Gasteiger partial charge in [0.05, 0.1) is 22.6 Å². The molecule has 1 aliphatic carbocycles. The Morgan fingerprint density at radius 2 is 2.17 bits per heavy atom. The number of nitrogens with two attached hydrogens (primary N) is 1. The third-order valence-electron chi connectivity index (χ3n) is 5.88. The number of aromatic nitrogens is 1. The van der Waals surface area contributed by atoms with Gasteiger partial charge in [-0.1, -0.05) is 0 Å². The first-order valence-corrected chi connectivity index (χ1v) is 10.0. The number of nitriles is 1. The number of allylic oxidation sites excluding steroid dienone is 1. The molecule has 1 aromatic heterocycles. The number of aliphatic imine (C=N–C) groups is 2. The molecule has 0 saturated heterocycles. The van der Waals surface area contributed by atoms with Crippen LogP contribution in [0.1, 0.15) is 36.8 Å². The summed E-state index contributed by atoms with van der Waals surface area (Å²) in [6.45, 7) is 4.55. The van der Waals surface area contributed by atoms with E-state index in [1.165, 1.54) is 17.1 Å². The molecule has 1 saturated carbocycles. The van der Waals surface area contributed by atoms with E-state index in [4.69, 9.17) is 5.84 Å². The normalized spacial score (nSPS) is 22.2. The van der Waals surface area contributed by atoms with Gasteiger partial charge in [0.2, 0.25) is 0 Å². The maximum absolute atomic E-state index is 13.3. The van der Waals surface area contributed by atoms with Gasteiger partial charge < -0.3 is 10.3 Å². The van der Waals surface area contributed by atoms with Crippen LogP contribution >= 0.6 is 0 Å². The molecule has 0 amide bonds. The molecule has 0 radical (unpaired) electrons. The van der Waals surface area contributed by atoms with E-state index in [0.29, 0.717) is 17.2 Å². The zero-order chi connectivity index (χ0) is 21.1. The molecule has 2 aromatic rings. The molecular weight excluding hydrogens is 381 g/mol. The van der Waals surface area contributed by atoms with Crippen LogP contribution < -0.4 is 11.2 Å². The fourth-order valence-electron chi connectivity index (χ4n) is 4.30. The highest BCUT2D eigenvalue weighted by Crippen LogP contribution is 2.40. The minimum Gasteiger partial charge on any atom is -0.384 e. The summed E-state index contributed by atoms with van der Waals surface area (Å²) in [5.41, 5.74) is 3.70. The number of aromatic amines is 1. The zero-order valence-electron chi connectivity index (χ0n) is 16.6. The minimum absolute atomic E-state index is 0.273. The monoisotopic (exact) mass is 405 g/mol. The van der Waals surface area contributed by atoms with E-state index in [1.54, 1.807) is 12.4 Å². The molecule has 8 heteroatoms. The summed E-state index contributed by atoms with van der Waals surface area (Å²) in [4.78, 5) is 11.8. The molecule has 0 unspecified atom stereocenters. The van der Waals surface area contributed by atoms with E-state index < -0.39 is 5.82 Å². The molecule has 4 N–H and O–H groups in total. The van der Waals surface area contributed by atoms with Crippen molar-refractivity contribution in [1.29, 1.82) is 5.26 Å². The lowest BCUT2D eigenvalue weighted by molar-refractivity contribution is 0.310. The number of benzene rings is 1. The molecule has 154 valence electrons. The lowest BCUT2D eigenvalue weighted by Gasteiger charge is -2.32. The number of anilines is 1. The van der Waals surface area contributed by atoms with Gasteiger partial charge >= 0.3 is 0 Å². The van der Waals surface area contributed by atoms with Crippen molar-refractivity contribution in [3.05, 3.63) is 53.1 Å². The Morgan fingerprint density at radius 1 is 1.37 bits per heavy atom. The average Bonchev–Trinajstić information content (AvgIpc) is 3.24. The van der Waals surface area contributed by atoms with E-state index in [9.17, 15) is 9.65 Å². The molecule has 1 fully saturated rings. The zero-order valence-corrected chi connectivity index (χ0v) is 16.6. The maximum atomic E-state index is 13.3. The van der Waals surface area contributed by atoms with Gasteiger partial charge in [-0.05, 0) is 62.6 Å². The van der Waals surface area contributed by atoms with Gasteiger partial charge in [0.25, 0.3) is 0 Å². The highest BCUT2D eigenvalue weighted by atomic mass is 19.1. The van der Waals surface area contributed by atoms with Crippen molar-refractivity contribution in [1.82, 2.24) is 9.99 Å². The number of nitrogens with zero attached hydrogens (tertiary/aromatic N) is 4. The number of rotatable bonds is 5. The second kappa shape index (κ2) is 8.51. The van der Waals surface area contributed by atoms with Gasteiger partial charge in [0.15, 0.2) is 0 Å². The lowest BCUT2D eigenvalue weighted by atomic mass is 9.79. The van der Waals surface area contributed by atoms with Crippen LogP contribution in [0.2, 0.25) is 0 Å². The Hall–Kier alpha value is -3.44. The smallest absolute Gasteiger partial charge is 0.141 e. The lowest BCUT2D eigenvalue weighted by Crippen LogP contribution is -2.32. The molecule has 7 nitrogen and oxygen atoms in total. The highest BCUT2D eigenvalue weighted by Gasteiger charge is 2.29. The Morgan fingerprint density at radius 3 is 2.90 bits per heavy atom. The SMILES string of the molecule is C=N/C(=C1/c2cc[nH]c2N=CN1N)[C@H]1CC[C@H](CNc2ccc(F)cc2C#N)CC1. The first-order valence-electron chi connectivity index (χ1n) is 10.0. The van der Waals surface area contributed by atoms with Gasteiger partial charge in [0.1, 0.15) is 24.0 Å². The summed E-state index contributed by atoms with van der Waals surface area (Å²) in [5, 5.41) is 14.0. The van der Waals surface area contributed by atoms with Gasteiger partial charge in [0, 0.05) is 24.2 Å². The number of fused-ring (bicyclic) bond motifs is 1. The van der Waals surface area contributed by atoms with Crippen LogP contribution in [-0.2, 0) is 0 Å². The molecule has 2 aliphatic rings. The summed E-state index contributed by atoms with van der Waals surface area (Å²) in [6.07, 6.45) is 7.42. The van der Waals surface area contributed by atoms with Gasteiger partial charge in [-0.15, -0.1) is 0 Å². The van der Waals surface area contributed by atoms with Crippen molar-refractivity contribution >= 4 is 30.3 Å². The van der Waals surface area contributed by atoms with Crippen molar-refractivity contribution in [2.45, 2.75) is 25.7 Å². The molecule has 1 aromatic carbocycles. The molecule has 0 bridgehead atoms. The summed E-state index contributed by atoms with van der Waals surface area (Å²) in [5.74, 6) is 7.29. The quantitative estimate of drug-likeness (QED) is 0.513. The summed E-state index contributed by atoms with van der Waals surface area (Å²) in [7, 11) is 0. The Balaban J connectivity index is 1.43. The van der Waals surface area contributed by atoms with Crippen LogP contribution in [0.25, 0.3) is 5.70 Å². The fourth-order valence-corrected chi connectivity index (χ4v) is 4.30. The molecule has 2 heterocycles. The number of hydrogen-bond donors (Lipinski definition) is 3. The summed E-state index contributed by atoms with van der Waals surface area (Å²) < 4.78 is 13.3. The third-order valence-corrected chi connectivity index (χ3v) is 5.88. The highest BCUT2D eigenvalue weighted by molar-refractivity contribution is 5.87. The predicted octanol–water partition coefficient (Wildman–Crippen LogP) is 4.16. The first-order chi connectivity index (χ1) is 14.6. The predicted molar refractivity (Wildman–Crippen MR) is 116 cm³/mol. The first kappa shape index (κ1) is 19.9. The molecule has 30 heavy (non-hydrogen) atoms. The average molecular weight is 405 g/mol. The molecule has 0 spiro atoms. The van der Waals surface area contributed by atoms with E-state index in [-0.39, 0.29) is 5.92 Å². The maximum Gasteiger partial charge on any atom is 0.141 e. The van der Waals surface area contributed by atoms with Crippen molar-refractivity contribution in [2.75, 3.05) is 11.9 Å². The molecule has 0 atom stereocenters. The van der Waals surface area contributed by atoms with Crippen LogP contribution in [0.5, 0.6) is 0 Å². The Bertz CT molecular complexity index is 1040. The van der Waals surface area contributed by atoms with Crippen LogP contribution in [0.3, 0.4) is 0 Å². The minimum atomic E-state index is -0.401. The van der Waals surface area contributed by atoms with Crippen molar-refractivity contribution < 1.29 is 4.39 Å². The van der Waals surface area contributed by atoms with E-state index in [1.807, 2.05) is 18.3 Å². The van der Waals surface area contributed by atoms with Crippen LogP contribution in [0.4, 0.5) is 15.9 Å². The number of halogens is 1. The van der Waals surface area contributed by atoms with E-state index >= 15 is 0 Å². The number of H-pyrrole nitrogens is 1. The van der Waals surface area contributed by atoms with E-state index in [2.05, 4.69) is 27.0 Å². The van der Waals surface area contributed by atoms with E-state index in [0.717, 1.165) is 55.0 Å². The topological polar surface area (TPSA) is 106 Å². The fraction of sp³-hybridized carbons (Fsp3) is 0.318. The molecule has 4 rings (SSSR count). The molecule has 1 aliphatic heterocycles. The Labute approximate surface area is 174 Å². The number of hydrogen-bond acceptors (Lipinski definition) is 6. The Kier molecular flexibility index (Phi) is 5.63. The largest absolute Gasteiger partial charge is 0.384 e. The van der Waals surface area contributed by atoms with Crippen LogP contribution in [0, 0.1) is 29.0 Å². The van der Waals surface area contributed by atoms with Crippen molar-refractivity contribution in [3.8, 4) is 6.07 Å². The van der Waals surface area contributed by atoms with Crippen LogP contribution in [0.15, 0.2) is 46.1 Å². The van der Waals surface area contributed by atoms with Crippen LogP contribution in [-0.4, -0.2) is 29.6 Å². The summed E-state index contributed by atoms with van der Waals surface area (Å²) in [6, 6.07) is 8.25. The second-order valence-corrected chi connectivity index (χ2v) is 7.68. The molecular formula is C22H24FN7. The number of nitrogens with one attached hydrogen (secondary N) is 2. The van der Waals surface area contributed by atoms with Gasteiger partial charge in [-0.2, -0.15) is 5.26 Å². The standard InChI is InChI=1S/C22H24FN7/c1-26-20(21-18-8-9-27-22(18)29-13-30(21)25)15-4-2-14(3-5-15)12-28-19-7-6-17(23)10-16(19)11-24/h6-10,13-15,27-28H,1-5,12,25H2/b21-20-/t14-,15-. The van der Waals surface area contributed by atoms with Crippen molar-refractivity contribution in [3.63, 3.8) is 0 Å². The van der Waals surface area contributed by atoms with Gasteiger partial charge in [-0.25, -0.2) is 15.2 Å². The third kappa shape index (κ3) is 3.84. The second-order valence-electron chi connectivity index (χ2n) is 7.68. The van der Waals surface area contributed by atoms with Gasteiger partial charge in [-0.3, -0.25) is 10.0 Å². The summed E-state index contributed by atoms with van der Waals surface area (Å²) >= 11 is 0. The number of hydrazine groups is 1.